The number of pyridine rings is 1. The number of rotatable bonds is 1. The third kappa shape index (κ3) is 1.20. The molecular weight excluding hydrogens is 150 g/mol. The molecule has 2 nitrogen and oxygen atoms in total. The molecule has 1 heterocycles. The summed E-state index contributed by atoms with van der Waals surface area (Å²) in [6.45, 7) is 0. The van der Waals surface area contributed by atoms with Gasteiger partial charge < -0.3 is 4.74 Å². The minimum Gasteiger partial charge on any atom is -0.501 e. The summed E-state index contributed by atoms with van der Waals surface area (Å²) < 4.78 is 5.18. The van der Waals surface area contributed by atoms with Gasteiger partial charge in [0, 0.05) is 18.3 Å². The fourth-order valence-electron chi connectivity index (χ4n) is 1.44. The van der Waals surface area contributed by atoms with Gasteiger partial charge in [0.2, 0.25) is 0 Å². The van der Waals surface area contributed by atoms with Crippen LogP contribution in [0.2, 0.25) is 0 Å². The van der Waals surface area contributed by atoms with Crippen LogP contribution in [0.1, 0.15) is 17.7 Å². The van der Waals surface area contributed by atoms with Crippen LogP contribution in [-0.2, 0) is 11.2 Å². The van der Waals surface area contributed by atoms with E-state index in [-0.39, 0.29) is 0 Å². The van der Waals surface area contributed by atoms with Crippen molar-refractivity contribution in [3.8, 4) is 0 Å². The van der Waals surface area contributed by atoms with E-state index in [4.69, 9.17) is 4.74 Å². The Morgan fingerprint density at radius 2 is 2.33 bits per heavy atom. The molecule has 1 aliphatic carbocycles. The summed E-state index contributed by atoms with van der Waals surface area (Å²) in [5.41, 5.74) is 2.37. The quantitative estimate of drug-likeness (QED) is 0.628. The van der Waals surface area contributed by atoms with E-state index in [2.05, 4.69) is 17.1 Å². The van der Waals surface area contributed by atoms with Crippen molar-refractivity contribution in [3.63, 3.8) is 0 Å². The number of nitrogens with zero attached hydrogens (tertiary/aromatic N) is 1. The Balaban J connectivity index is 2.41. The molecule has 0 saturated heterocycles. The average Bonchev–Trinajstić information content (AvgIpc) is 2.17. The molecule has 1 aliphatic rings. The minimum absolute atomic E-state index is 0.973. The van der Waals surface area contributed by atoms with Gasteiger partial charge >= 0.3 is 0 Å². The molecule has 0 radical (unpaired) electrons. The van der Waals surface area contributed by atoms with Crippen molar-refractivity contribution >= 4 is 6.08 Å². The molecule has 62 valence electrons. The Kier molecular flexibility index (Phi) is 1.82. The first-order valence-electron chi connectivity index (χ1n) is 4.08. The monoisotopic (exact) mass is 161 g/mol. The van der Waals surface area contributed by atoms with Crippen LogP contribution in [-0.4, -0.2) is 12.1 Å². The topological polar surface area (TPSA) is 22.1 Å². The molecule has 0 saturated carbocycles. The van der Waals surface area contributed by atoms with Gasteiger partial charge in [-0.25, -0.2) is 0 Å². The third-order valence-corrected chi connectivity index (χ3v) is 2.11. The van der Waals surface area contributed by atoms with Gasteiger partial charge in [-0.2, -0.15) is 0 Å². The van der Waals surface area contributed by atoms with Crippen molar-refractivity contribution in [1.29, 1.82) is 0 Å². The lowest BCUT2D eigenvalue weighted by atomic mass is 10.0. The summed E-state index contributed by atoms with van der Waals surface area (Å²) in [5, 5.41) is 0. The normalized spacial score (nSPS) is 14.9. The molecule has 0 aliphatic heterocycles. The van der Waals surface area contributed by atoms with Crippen LogP contribution in [0, 0.1) is 0 Å². The summed E-state index contributed by atoms with van der Waals surface area (Å²) in [5.74, 6) is 1.05. The molecular formula is C10H11NO. The first-order chi connectivity index (χ1) is 5.90. The van der Waals surface area contributed by atoms with Gasteiger partial charge in [-0.15, -0.1) is 0 Å². The lowest BCUT2D eigenvalue weighted by molar-refractivity contribution is 0.279. The highest BCUT2D eigenvalue weighted by Gasteiger charge is 2.09. The van der Waals surface area contributed by atoms with Crippen molar-refractivity contribution in [2.45, 2.75) is 12.8 Å². The van der Waals surface area contributed by atoms with Crippen molar-refractivity contribution in [2.24, 2.45) is 0 Å². The van der Waals surface area contributed by atoms with E-state index < -0.39 is 0 Å². The highest BCUT2D eigenvalue weighted by atomic mass is 16.5. The molecule has 0 spiro atoms. The molecule has 12 heavy (non-hydrogen) atoms. The first-order valence-corrected chi connectivity index (χ1v) is 4.08. The number of fused-ring (bicyclic) bond motifs is 1. The highest BCUT2D eigenvalue weighted by molar-refractivity contribution is 5.55. The van der Waals surface area contributed by atoms with E-state index in [1.54, 1.807) is 7.11 Å². The minimum atomic E-state index is 0.973. The molecule has 0 fully saturated rings. The Morgan fingerprint density at radius 1 is 1.42 bits per heavy atom. The molecule has 0 amide bonds. The fraction of sp³-hybridized carbons (Fsp3) is 0.300. The highest BCUT2D eigenvalue weighted by Crippen LogP contribution is 2.21. The van der Waals surface area contributed by atoms with Crippen molar-refractivity contribution in [2.75, 3.05) is 7.11 Å². The Labute approximate surface area is 71.9 Å². The van der Waals surface area contributed by atoms with Crippen LogP contribution in [0.25, 0.3) is 6.08 Å². The Bertz CT molecular complexity index is 317. The maximum Gasteiger partial charge on any atom is 0.0965 e. The Morgan fingerprint density at radius 3 is 3.17 bits per heavy atom. The summed E-state index contributed by atoms with van der Waals surface area (Å²) in [4.78, 5) is 4.29. The molecule has 0 aromatic carbocycles. The number of hydrogen-bond acceptors (Lipinski definition) is 2. The van der Waals surface area contributed by atoms with Gasteiger partial charge in [-0.3, -0.25) is 4.98 Å². The second-order valence-electron chi connectivity index (χ2n) is 2.85. The fourth-order valence-corrected chi connectivity index (χ4v) is 1.44. The summed E-state index contributed by atoms with van der Waals surface area (Å²) >= 11 is 0. The number of ether oxygens (including phenoxy) is 1. The largest absolute Gasteiger partial charge is 0.501 e. The van der Waals surface area contributed by atoms with E-state index in [1.807, 2.05) is 12.3 Å². The van der Waals surface area contributed by atoms with Gasteiger partial charge in [-0.1, -0.05) is 6.07 Å². The van der Waals surface area contributed by atoms with Crippen LogP contribution < -0.4 is 0 Å². The summed E-state index contributed by atoms with van der Waals surface area (Å²) in [6.07, 6.45) is 5.87. The van der Waals surface area contributed by atoms with Gasteiger partial charge in [0.25, 0.3) is 0 Å². The van der Waals surface area contributed by atoms with Crippen LogP contribution >= 0.6 is 0 Å². The van der Waals surface area contributed by atoms with E-state index >= 15 is 0 Å². The lowest BCUT2D eigenvalue weighted by Crippen LogP contribution is -2.02. The molecule has 1 aromatic heterocycles. The predicted octanol–water partition coefficient (Wildman–Crippen LogP) is 2.02. The summed E-state index contributed by atoms with van der Waals surface area (Å²) in [6, 6.07) is 4.02. The van der Waals surface area contributed by atoms with Crippen LogP contribution in [0.4, 0.5) is 0 Å². The van der Waals surface area contributed by atoms with Crippen molar-refractivity contribution in [3.05, 3.63) is 35.3 Å². The smallest absolute Gasteiger partial charge is 0.0965 e. The standard InChI is InChI=1S/C10H11NO/c1-12-9-4-5-10-8(7-9)3-2-6-11-10/h2-3,6-7H,4-5H2,1H3. The molecule has 2 rings (SSSR count). The zero-order valence-electron chi connectivity index (χ0n) is 7.08. The van der Waals surface area contributed by atoms with E-state index in [0.717, 1.165) is 18.6 Å². The Hall–Kier alpha value is -1.31. The molecule has 2 heteroatoms. The average molecular weight is 161 g/mol. The number of aryl methyl sites for hydroxylation is 1. The number of methoxy groups -OCH3 is 1. The number of aromatic nitrogens is 1. The predicted molar refractivity (Wildman–Crippen MR) is 47.5 cm³/mol. The SMILES string of the molecule is COC1=Cc2cccnc2CC1. The molecule has 0 N–H and O–H groups in total. The van der Waals surface area contributed by atoms with E-state index in [1.165, 1.54) is 11.3 Å². The second-order valence-corrected chi connectivity index (χ2v) is 2.85. The van der Waals surface area contributed by atoms with Crippen LogP contribution in [0.15, 0.2) is 24.1 Å². The second kappa shape index (κ2) is 2.97. The van der Waals surface area contributed by atoms with Crippen molar-refractivity contribution in [1.82, 2.24) is 4.98 Å². The number of allylic oxidation sites excluding steroid dienone is 1. The molecule has 1 aromatic rings. The van der Waals surface area contributed by atoms with E-state index in [0.29, 0.717) is 0 Å². The molecule has 0 unspecified atom stereocenters. The molecule has 0 atom stereocenters. The number of hydrogen-bond donors (Lipinski definition) is 0. The third-order valence-electron chi connectivity index (χ3n) is 2.11. The maximum absolute atomic E-state index is 5.18. The van der Waals surface area contributed by atoms with Crippen LogP contribution in [0.3, 0.4) is 0 Å². The van der Waals surface area contributed by atoms with Crippen molar-refractivity contribution < 1.29 is 4.74 Å². The zero-order valence-corrected chi connectivity index (χ0v) is 7.08. The molecule has 0 bridgehead atoms. The van der Waals surface area contributed by atoms with Gasteiger partial charge in [0.05, 0.1) is 12.9 Å². The zero-order chi connectivity index (χ0) is 8.39. The van der Waals surface area contributed by atoms with Gasteiger partial charge in [-0.05, 0) is 24.1 Å². The van der Waals surface area contributed by atoms with E-state index in [9.17, 15) is 0 Å². The van der Waals surface area contributed by atoms with Crippen LogP contribution in [0.5, 0.6) is 0 Å². The van der Waals surface area contributed by atoms with Gasteiger partial charge in [0.1, 0.15) is 0 Å². The van der Waals surface area contributed by atoms with Gasteiger partial charge in [0.15, 0.2) is 0 Å². The summed E-state index contributed by atoms with van der Waals surface area (Å²) in [7, 11) is 1.72. The maximum atomic E-state index is 5.18. The lowest BCUT2D eigenvalue weighted by Gasteiger charge is -2.13. The first kappa shape index (κ1) is 7.35.